The number of hydrogen-bond donors (Lipinski definition) is 3. The minimum atomic E-state index is -0.314. The van der Waals surface area contributed by atoms with Crippen LogP contribution in [0, 0.1) is 11.8 Å². The van der Waals surface area contributed by atoms with Crippen LogP contribution in [0.1, 0.15) is 59.8 Å². The lowest BCUT2D eigenvalue weighted by Crippen LogP contribution is -2.50. The highest BCUT2D eigenvalue weighted by Crippen LogP contribution is 2.20. The number of nitrogens with zero attached hydrogens (tertiary/aromatic N) is 1. The van der Waals surface area contributed by atoms with E-state index in [1.54, 1.807) is 0 Å². The van der Waals surface area contributed by atoms with Crippen molar-refractivity contribution in [1.29, 1.82) is 0 Å². The largest absolute Gasteiger partial charge is 0.354 e. The lowest BCUT2D eigenvalue weighted by Gasteiger charge is -2.33. The van der Waals surface area contributed by atoms with Gasteiger partial charge in [-0.2, -0.15) is 0 Å². The monoisotopic (exact) mass is 376 g/mol. The number of halogens is 1. The highest BCUT2D eigenvalue weighted by molar-refractivity contribution is 5.85. The van der Waals surface area contributed by atoms with E-state index in [0.717, 1.165) is 32.2 Å². The number of amides is 3. The normalized spacial score (nSPS) is 17.8. The van der Waals surface area contributed by atoms with Crippen molar-refractivity contribution in [3.05, 3.63) is 0 Å². The molecule has 0 radical (unpaired) electrons. The van der Waals surface area contributed by atoms with E-state index >= 15 is 0 Å². The predicted octanol–water partition coefficient (Wildman–Crippen LogP) is 2.51. The summed E-state index contributed by atoms with van der Waals surface area (Å²) in [6, 6.07) is -0.00764. The molecule has 1 aliphatic heterocycles. The summed E-state index contributed by atoms with van der Waals surface area (Å²) in [5.41, 5.74) is 5.91. The molecule has 1 aliphatic rings. The maximum atomic E-state index is 12.2. The van der Waals surface area contributed by atoms with Gasteiger partial charge in [-0.25, -0.2) is 4.79 Å². The SMILES string of the molecule is CCC(N)(CC)CNC(=O)CC1CCCN(C(=O)NCC(C)C)C1.Cl. The summed E-state index contributed by atoms with van der Waals surface area (Å²) in [5.74, 6) is 0.717. The fourth-order valence-electron chi connectivity index (χ4n) is 2.93. The van der Waals surface area contributed by atoms with Gasteiger partial charge in [0, 0.05) is 38.1 Å². The van der Waals surface area contributed by atoms with Gasteiger partial charge in [-0.3, -0.25) is 4.79 Å². The molecule has 4 N–H and O–H groups in total. The highest BCUT2D eigenvalue weighted by Gasteiger charge is 2.26. The Hall–Kier alpha value is -1.01. The maximum Gasteiger partial charge on any atom is 0.317 e. The predicted molar refractivity (Wildman–Crippen MR) is 105 cm³/mol. The topological polar surface area (TPSA) is 87.5 Å². The van der Waals surface area contributed by atoms with Gasteiger partial charge in [0.15, 0.2) is 0 Å². The lowest BCUT2D eigenvalue weighted by molar-refractivity contribution is -0.122. The molecule has 1 rings (SSSR count). The maximum absolute atomic E-state index is 12.2. The van der Waals surface area contributed by atoms with Crippen molar-refractivity contribution in [2.75, 3.05) is 26.2 Å². The number of carbonyl (C=O) groups excluding carboxylic acids is 2. The Morgan fingerprint density at radius 3 is 2.44 bits per heavy atom. The first kappa shape index (κ1) is 24.0. The molecule has 0 aromatic heterocycles. The minimum absolute atomic E-state index is 0. The fraction of sp³-hybridized carbons (Fsp3) is 0.889. The zero-order valence-corrected chi connectivity index (χ0v) is 17.1. The molecule has 0 spiro atoms. The molecular formula is C18H37ClN4O2. The molecule has 0 aromatic carbocycles. The van der Waals surface area contributed by atoms with E-state index in [1.165, 1.54) is 0 Å². The lowest BCUT2D eigenvalue weighted by atomic mass is 9.93. The molecule has 0 saturated carbocycles. The van der Waals surface area contributed by atoms with Crippen LogP contribution in [0.4, 0.5) is 4.79 Å². The average molecular weight is 377 g/mol. The van der Waals surface area contributed by atoms with Crippen LogP contribution in [0.2, 0.25) is 0 Å². The van der Waals surface area contributed by atoms with Gasteiger partial charge in [0.25, 0.3) is 0 Å². The van der Waals surface area contributed by atoms with Gasteiger partial charge in [0.05, 0.1) is 0 Å². The number of urea groups is 1. The first-order valence-corrected chi connectivity index (χ1v) is 9.38. The molecule has 1 unspecified atom stereocenters. The molecule has 7 heteroatoms. The third-order valence-electron chi connectivity index (χ3n) is 4.99. The van der Waals surface area contributed by atoms with E-state index in [1.807, 2.05) is 18.7 Å². The van der Waals surface area contributed by atoms with Crippen LogP contribution in [0.5, 0.6) is 0 Å². The average Bonchev–Trinajstić information content (AvgIpc) is 2.57. The summed E-state index contributed by atoms with van der Waals surface area (Å²) in [6.45, 7) is 10.9. The van der Waals surface area contributed by atoms with Crippen molar-refractivity contribution in [1.82, 2.24) is 15.5 Å². The number of nitrogens with two attached hydrogens (primary N) is 1. The Labute approximate surface area is 159 Å². The summed E-state index contributed by atoms with van der Waals surface area (Å²) in [6.07, 6.45) is 4.11. The van der Waals surface area contributed by atoms with Crippen LogP contribution >= 0.6 is 12.4 Å². The smallest absolute Gasteiger partial charge is 0.317 e. The van der Waals surface area contributed by atoms with Gasteiger partial charge in [-0.15, -0.1) is 12.4 Å². The summed E-state index contributed by atoms with van der Waals surface area (Å²) in [7, 11) is 0. The Morgan fingerprint density at radius 2 is 1.88 bits per heavy atom. The first-order chi connectivity index (χ1) is 11.3. The van der Waals surface area contributed by atoms with Gasteiger partial charge in [0.1, 0.15) is 0 Å². The molecule has 1 saturated heterocycles. The van der Waals surface area contributed by atoms with E-state index in [-0.39, 0.29) is 35.8 Å². The Bertz CT molecular complexity index is 414. The van der Waals surface area contributed by atoms with E-state index < -0.39 is 0 Å². The molecule has 148 valence electrons. The standard InChI is InChI=1S/C18H36N4O2.ClH/c1-5-18(19,6-2)13-21-16(23)10-15-8-7-9-22(12-15)17(24)20-11-14(3)4;/h14-15H,5-13,19H2,1-4H3,(H,20,24)(H,21,23);1H. The zero-order chi connectivity index (χ0) is 18.2. The second kappa shape index (κ2) is 11.6. The van der Waals surface area contributed by atoms with Crippen LogP contribution in [0.3, 0.4) is 0 Å². The highest BCUT2D eigenvalue weighted by atomic mass is 35.5. The number of piperidine rings is 1. The molecule has 0 aromatic rings. The van der Waals surface area contributed by atoms with Crippen LogP contribution in [0.15, 0.2) is 0 Å². The molecule has 0 bridgehead atoms. The van der Waals surface area contributed by atoms with Gasteiger partial charge in [-0.05, 0) is 37.5 Å². The van der Waals surface area contributed by atoms with Crippen molar-refractivity contribution in [2.24, 2.45) is 17.6 Å². The van der Waals surface area contributed by atoms with Gasteiger partial charge >= 0.3 is 6.03 Å². The van der Waals surface area contributed by atoms with Crippen LogP contribution < -0.4 is 16.4 Å². The van der Waals surface area contributed by atoms with Gasteiger partial charge in [-0.1, -0.05) is 27.7 Å². The number of hydrogen-bond acceptors (Lipinski definition) is 3. The summed E-state index contributed by atoms with van der Waals surface area (Å²) < 4.78 is 0. The Kier molecular flexibility index (Phi) is 11.1. The molecule has 25 heavy (non-hydrogen) atoms. The molecule has 6 nitrogen and oxygen atoms in total. The number of carbonyl (C=O) groups is 2. The number of rotatable bonds is 8. The molecule has 3 amide bonds. The van der Waals surface area contributed by atoms with Crippen LogP contribution in [0.25, 0.3) is 0 Å². The Balaban J connectivity index is 0.00000576. The molecule has 1 heterocycles. The van der Waals surface area contributed by atoms with Gasteiger partial charge in [0.2, 0.25) is 5.91 Å². The van der Waals surface area contributed by atoms with E-state index in [4.69, 9.17) is 5.73 Å². The van der Waals surface area contributed by atoms with Gasteiger partial charge < -0.3 is 21.3 Å². The van der Waals surface area contributed by atoms with E-state index in [9.17, 15) is 9.59 Å². The zero-order valence-electron chi connectivity index (χ0n) is 16.3. The second-order valence-electron chi connectivity index (χ2n) is 7.58. The second-order valence-corrected chi connectivity index (χ2v) is 7.58. The number of likely N-dealkylation sites (tertiary alicyclic amines) is 1. The summed E-state index contributed by atoms with van der Waals surface area (Å²) in [4.78, 5) is 26.2. The van der Waals surface area contributed by atoms with Crippen LogP contribution in [-0.2, 0) is 4.79 Å². The fourth-order valence-corrected chi connectivity index (χ4v) is 2.93. The van der Waals surface area contributed by atoms with Crippen molar-refractivity contribution < 1.29 is 9.59 Å². The molecule has 1 atom stereocenters. The minimum Gasteiger partial charge on any atom is -0.354 e. The van der Waals surface area contributed by atoms with Crippen LogP contribution in [-0.4, -0.2) is 48.6 Å². The molecule has 1 fully saturated rings. The first-order valence-electron chi connectivity index (χ1n) is 9.38. The van der Waals surface area contributed by atoms with Crippen molar-refractivity contribution in [3.63, 3.8) is 0 Å². The quantitative estimate of drug-likeness (QED) is 0.608. The Morgan fingerprint density at radius 1 is 1.24 bits per heavy atom. The van der Waals surface area contributed by atoms with Crippen molar-refractivity contribution in [2.45, 2.75) is 65.3 Å². The van der Waals surface area contributed by atoms with E-state index in [2.05, 4.69) is 24.5 Å². The van der Waals surface area contributed by atoms with E-state index in [0.29, 0.717) is 32.0 Å². The third kappa shape index (κ3) is 8.77. The molecular weight excluding hydrogens is 340 g/mol. The third-order valence-corrected chi connectivity index (χ3v) is 4.99. The van der Waals surface area contributed by atoms with Crippen molar-refractivity contribution >= 4 is 24.3 Å². The summed E-state index contributed by atoms with van der Waals surface area (Å²) >= 11 is 0. The molecule has 0 aliphatic carbocycles. The van der Waals surface area contributed by atoms with Crippen molar-refractivity contribution in [3.8, 4) is 0 Å². The number of nitrogens with one attached hydrogen (secondary N) is 2. The summed E-state index contributed by atoms with van der Waals surface area (Å²) in [5, 5.41) is 5.93.